The average Bonchev–Trinajstić information content (AvgIpc) is 2.42. The Labute approximate surface area is 125 Å². The molecule has 0 unspecified atom stereocenters. The maximum absolute atomic E-state index is 5.54. The Hall–Kier alpha value is -0.980. The van der Waals surface area contributed by atoms with Crippen LogP contribution in [0, 0.1) is 12.3 Å². The third kappa shape index (κ3) is 6.66. The highest BCUT2D eigenvalue weighted by atomic mass is 79.9. The van der Waals surface area contributed by atoms with Crippen molar-refractivity contribution in [3.63, 3.8) is 0 Å². The molecule has 0 fully saturated rings. The number of ether oxygens (including phenoxy) is 1. The van der Waals surface area contributed by atoms with Gasteiger partial charge < -0.3 is 10.1 Å². The van der Waals surface area contributed by atoms with E-state index in [1.807, 2.05) is 12.1 Å². The average molecular weight is 324 g/mol. The normalized spacial score (nSPS) is 10.2. The Morgan fingerprint density at radius 1 is 1.32 bits per heavy atom. The molecule has 2 nitrogen and oxygen atoms in total. The second kappa shape index (κ2) is 9.89. The van der Waals surface area contributed by atoms with Crippen LogP contribution in [0.2, 0.25) is 0 Å². The summed E-state index contributed by atoms with van der Waals surface area (Å²) in [5.41, 5.74) is 1.14. The summed E-state index contributed by atoms with van der Waals surface area (Å²) in [6.45, 7) is 4.39. The molecule has 1 aromatic rings. The van der Waals surface area contributed by atoms with Crippen molar-refractivity contribution in [1.82, 2.24) is 5.32 Å². The van der Waals surface area contributed by atoms with Crippen molar-refractivity contribution >= 4 is 15.9 Å². The van der Waals surface area contributed by atoms with Crippen molar-refractivity contribution in [1.29, 1.82) is 0 Å². The molecule has 0 aliphatic rings. The van der Waals surface area contributed by atoms with Gasteiger partial charge in [0.05, 0.1) is 0 Å². The fourth-order valence-electron chi connectivity index (χ4n) is 1.85. The summed E-state index contributed by atoms with van der Waals surface area (Å²) in [6.07, 6.45) is 10.3. The van der Waals surface area contributed by atoms with Crippen LogP contribution in [0.25, 0.3) is 0 Å². The summed E-state index contributed by atoms with van der Waals surface area (Å²) in [5, 5.41) is 3.45. The number of unbranched alkanes of at least 4 members (excludes halogenated alkanes) is 3. The summed E-state index contributed by atoms with van der Waals surface area (Å²) in [6, 6.07) is 6.00. The molecule has 0 spiro atoms. The highest BCUT2D eigenvalue weighted by Gasteiger charge is 2.04. The quantitative estimate of drug-likeness (QED) is 0.545. The molecule has 19 heavy (non-hydrogen) atoms. The summed E-state index contributed by atoms with van der Waals surface area (Å²) in [4.78, 5) is 0. The van der Waals surface area contributed by atoms with Gasteiger partial charge in [0.15, 0.2) is 0 Å². The maximum Gasteiger partial charge on any atom is 0.148 e. The first kappa shape index (κ1) is 16.1. The third-order valence-electron chi connectivity index (χ3n) is 2.86. The molecule has 0 aliphatic heterocycles. The van der Waals surface area contributed by atoms with Gasteiger partial charge in [-0.2, -0.15) is 0 Å². The van der Waals surface area contributed by atoms with E-state index in [4.69, 9.17) is 11.2 Å². The Morgan fingerprint density at radius 3 is 2.89 bits per heavy atom. The van der Waals surface area contributed by atoms with Crippen molar-refractivity contribution in [3.05, 3.63) is 28.2 Å². The van der Waals surface area contributed by atoms with E-state index in [-0.39, 0.29) is 0 Å². The summed E-state index contributed by atoms with van der Waals surface area (Å²) >= 11 is 3.48. The van der Waals surface area contributed by atoms with Gasteiger partial charge in [0.2, 0.25) is 0 Å². The molecule has 1 N–H and O–H groups in total. The van der Waals surface area contributed by atoms with E-state index in [0.29, 0.717) is 6.61 Å². The fourth-order valence-corrected chi connectivity index (χ4v) is 2.25. The van der Waals surface area contributed by atoms with Crippen LogP contribution < -0.4 is 10.1 Å². The fraction of sp³-hybridized carbons (Fsp3) is 0.500. The molecule has 0 amide bonds. The molecule has 0 saturated heterocycles. The van der Waals surface area contributed by atoms with Gasteiger partial charge in [0, 0.05) is 16.6 Å². The van der Waals surface area contributed by atoms with Crippen LogP contribution in [0.4, 0.5) is 0 Å². The Kier molecular flexibility index (Phi) is 8.36. The van der Waals surface area contributed by atoms with Crippen LogP contribution in [0.1, 0.15) is 38.2 Å². The highest BCUT2D eigenvalue weighted by molar-refractivity contribution is 9.10. The number of halogens is 1. The lowest BCUT2D eigenvalue weighted by molar-refractivity contribution is 0.364. The number of hydrogen-bond acceptors (Lipinski definition) is 2. The standard InChI is InChI=1S/C16H22BrNO/c1-3-5-6-7-10-18-13-14-12-15(17)8-9-16(14)19-11-4-2/h2,8-9,12,18H,3,5-7,10-11,13H2,1H3. The first-order valence-electron chi connectivity index (χ1n) is 6.83. The van der Waals surface area contributed by atoms with Gasteiger partial charge in [0.1, 0.15) is 12.4 Å². The number of rotatable bonds is 9. The van der Waals surface area contributed by atoms with E-state index < -0.39 is 0 Å². The lowest BCUT2D eigenvalue weighted by Crippen LogP contribution is -2.15. The molecule has 1 aromatic carbocycles. The molecular formula is C16H22BrNO. The van der Waals surface area contributed by atoms with E-state index >= 15 is 0 Å². The van der Waals surface area contributed by atoms with Gasteiger partial charge in [-0.15, -0.1) is 6.42 Å². The molecule has 0 saturated carbocycles. The van der Waals surface area contributed by atoms with Crippen molar-refractivity contribution in [3.8, 4) is 18.1 Å². The van der Waals surface area contributed by atoms with Crippen LogP contribution in [-0.4, -0.2) is 13.2 Å². The van der Waals surface area contributed by atoms with E-state index in [0.717, 1.165) is 28.9 Å². The zero-order valence-corrected chi connectivity index (χ0v) is 13.1. The second-order valence-corrected chi connectivity index (χ2v) is 5.40. The molecular weight excluding hydrogens is 302 g/mol. The largest absolute Gasteiger partial charge is 0.481 e. The van der Waals surface area contributed by atoms with Crippen molar-refractivity contribution in [2.75, 3.05) is 13.2 Å². The zero-order valence-electron chi connectivity index (χ0n) is 11.5. The third-order valence-corrected chi connectivity index (χ3v) is 3.35. The molecule has 3 heteroatoms. The molecule has 0 heterocycles. The van der Waals surface area contributed by atoms with Crippen LogP contribution in [0.15, 0.2) is 22.7 Å². The van der Waals surface area contributed by atoms with E-state index in [1.165, 1.54) is 25.7 Å². The lowest BCUT2D eigenvalue weighted by atomic mass is 10.2. The predicted molar refractivity (Wildman–Crippen MR) is 84.3 cm³/mol. The molecule has 0 aliphatic carbocycles. The number of terminal acetylenes is 1. The molecule has 104 valence electrons. The van der Waals surface area contributed by atoms with Gasteiger partial charge in [-0.3, -0.25) is 0 Å². The predicted octanol–water partition coefficient (Wildman–Crippen LogP) is 4.13. The minimum atomic E-state index is 0.311. The Bertz CT molecular complexity index is 412. The lowest BCUT2D eigenvalue weighted by Gasteiger charge is -2.11. The summed E-state index contributed by atoms with van der Waals surface area (Å²) < 4.78 is 6.60. The minimum Gasteiger partial charge on any atom is -0.481 e. The maximum atomic E-state index is 5.54. The van der Waals surface area contributed by atoms with E-state index in [2.05, 4.69) is 40.2 Å². The molecule has 1 rings (SSSR count). The highest BCUT2D eigenvalue weighted by Crippen LogP contribution is 2.23. The summed E-state index contributed by atoms with van der Waals surface area (Å²) in [7, 11) is 0. The van der Waals surface area contributed by atoms with Crippen LogP contribution >= 0.6 is 15.9 Å². The second-order valence-electron chi connectivity index (χ2n) is 4.48. The van der Waals surface area contributed by atoms with Crippen LogP contribution in [-0.2, 0) is 6.54 Å². The monoisotopic (exact) mass is 323 g/mol. The minimum absolute atomic E-state index is 0.311. The van der Waals surface area contributed by atoms with Gasteiger partial charge in [-0.05, 0) is 31.2 Å². The van der Waals surface area contributed by atoms with Crippen molar-refractivity contribution < 1.29 is 4.74 Å². The Morgan fingerprint density at radius 2 is 2.16 bits per heavy atom. The van der Waals surface area contributed by atoms with Gasteiger partial charge in [-0.25, -0.2) is 0 Å². The van der Waals surface area contributed by atoms with Gasteiger partial charge >= 0.3 is 0 Å². The first-order chi connectivity index (χ1) is 9.27. The van der Waals surface area contributed by atoms with Gasteiger partial charge in [0.25, 0.3) is 0 Å². The first-order valence-corrected chi connectivity index (χ1v) is 7.62. The van der Waals surface area contributed by atoms with Gasteiger partial charge in [-0.1, -0.05) is 48.0 Å². The van der Waals surface area contributed by atoms with Crippen molar-refractivity contribution in [2.24, 2.45) is 0 Å². The van der Waals surface area contributed by atoms with Crippen LogP contribution in [0.3, 0.4) is 0 Å². The SMILES string of the molecule is C#CCOc1ccc(Br)cc1CNCCCCCC. The molecule has 0 atom stereocenters. The number of hydrogen-bond donors (Lipinski definition) is 1. The molecule has 0 bridgehead atoms. The molecule has 0 aromatic heterocycles. The van der Waals surface area contributed by atoms with E-state index in [9.17, 15) is 0 Å². The smallest absolute Gasteiger partial charge is 0.148 e. The topological polar surface area (TPSA) is 21.3 Å². The Balaban J connectivity index is 2.42. The van der Waals surface area contributed by atoms with E-state index in [1.54, 1.807) is 0 Å². The summed E-state index contributed by atoms with van der Waals surface area (Å²) in [5.74, 6) is 3.36. The number of benzene rings is 1. The van der Waals surface area contributed by atoms with Crippen LogP contribution in [0.5, 0.6) is 5.75 Å². The molecule has 0 radical (unpaired) electrons. The van der Waals surface area contributed by atoms with Crippen molar-refractivity contribution in [2.45, 2.75) is 39.2 Å². The number of nitrogens with one attached hydrogen (secondary N) is 1. The zero-order chi connectivity index (χ0) is 13.9.